The highest BCUT2D eigenvalue weighted by Crippen LogP contribution is 2.24. The van der Waals surface area contributed by atoms with Gasteiger partial charge in [0.05, 0.1) is 0 Å². The van der Waals surface area contributed by atoms with Crippen molar-refractivity contribution in [3.05, 3.63) is 29.4 Å². The largest absolute Gasteiger partial charge is 0.460 e. The van der Waals surface area contributed by atoms with Gasteiger partial charge in [-0.1, -0.05) is 0 Å². The van der Waals surface area contributed by atoms with E-state index in [1.807, 2.05) is 33.0 Å². The molecule has 0 amide bonds. The van der Waals surface area contributed by atoms with Crippen LogP contribution in [0, 0.1) is 13.8 Å². The summed E-state index contributed by atoms with van der Waals surface area (Å²) in [5.41, 5.74) is 7.58. The van der Waals surface area contributed by atoms with Crippen molar-refractivity contribution in [2.75, 3.05) is 6.54 Å². The summed E-state index contributed by atoms with van der Waals surface area (Å²) in [5, 5.41) is 0. The van der Waals surface area contributed by atoms with Crippen LogP contribution >= 0.6 is 0 Å². The summed E-state index contributed by atoms with van der Waals surface area (Å²) in [5.74, 6) is 2.73. The van der Waals surface area contributed by atoms with Gasteiger partial charge < -0.3 is 14.7 Å². The van der Waals surface area contributed by atoms with Crippen molar-refractivity contribution in [3.8, 4) is 11.5 Å². The van der Waals surface area contributed by atoms with Crippen LogP contribution in [0.3, 0.4) is 0 Å². The van der Waals surface area contributed by atoms with Crippen molar-refractivity contribution in [1.82, 2.24) is 9.55 Å². The summed E-state index contributed by atoms with van der Waals surface area (Å²) in [6.45, 7) is 4.59. The molecular formula is C12H17N3O. The maximum absolute atomic E-state index is 5.59. The Bertz CT molecular complexity index is 496. The summed E-state index contributed by atoms with van der Waals surface area (Å²) < 4.78 is 7.66. The van der Waals surface area contributed by atoms with Crippen molar-refractivity contribution >= 4 is 0 Å². The monoisotopic (exact) mass is 219 g/mol. The van der Waals surface area contributed by atoms with Crippen molar-refractivity contribution < 1.29 is 4.42 Å². The number of rotatable bonds is 3. The summed E-state index contributed by atoms with van der Waals surface area (Å²) >= 11 is 0. The lowest BCUT2D eigenvalue weighted by molar-refractivity contribution is 0.546. The Labute approximate surface area is 95.1 Å². The standard InChI is InChI=1S/C12H17N3O/c1-8-4-5-10(16-8)12-9(2)15(3)11(14-12)6-7-13/h4-5H,6-7,13H2,1-3H3. The molecule has 0 atom stereocenters. The molecule has 2 aromatic heterocycles. The van der Waals surface area contributed by atoms with Crippen LogP contribution in [0.1, 0.15) is 17.3 Å². The first-order valence-electron chi connectivity index (χ1n) is 5.42. The SMILES string of the molecule is Cc1ccc(-c2nc(CCN)n(C)c2C)o1. The van der Waals surface area contributed by atoms with Gasteiger partial charge in [0, 0.05) is 19.2 Å². The average molecular weight is 219 g/mol. The Morgan fingerprint density at radius 1 is 1.38 bits per heavy atom. The summed E-state index contributed by atoms with van der Waals surface area (Å²) in [6, 6.07) is 3.91. The molecule has 2 heterocycles. The third-order valence-electron chi connectivity index (χ3n) is 2.82. The van der Waals surface area contributed by atoms with E-state index in [1.165, 1.54) is 0 Å². The van der Waals surface area contributed by atoms with E-state index in [9.17, 15) is 0 Å². The van der Waals surface area contributed by atoms with Crippen LogP contribution in [-0.4, -0.2) is 16.1 Å². The molecule has 4 nitrogen and oxygen atoms in total. The highest BCUT2D eigenvalue weighted by Gasteiger charge is 2.14. The normalized spacial score (nSPS) is 11.0. The van der Waals surface area contributed by atoms with Gasteiger partial charge >= 0.3 is 0 Å². The van der Waals surface area contributed by atoms with Gasteiger partial charge in [-0.2, -0.15) is 0 Å². The minimum atomic E-state index is 0.612. The number of nitrogens with zero attached hydrogens (tertiary/aromatic N) is 2. The topological polar surface area (TPSA) is 57.0 Å². The summed E-state index contributed by atoms with van der Waals surface area (Å²) in [6.07, 6.45) is 0.789. The van der Waals surface area contributed by atoms with Crippen LogP contribution in [-0.2, 0) is 13.5 Å². The second kappa shape index (κ2) is 4.14. The maximum Gasteiger partial charge on any atom is 0.154 e. The smallest absolute Gasteiger partial charge is 0.154 e. The fraction of sp³-hybridized carbons (Fsp3) is 0.417. The van der Waals surface area contributed by atoms with Gasteiger partial charge in [-0.25, -0.2) is 4.98 Å². The number of hydrogen-bond acceptors (Lipinski definition) is 3. The number of hydrogen-bond donors (Lipinski definition) is 1. The minimum Gasteiger partial charge on any atom is -0.460 e. The first-order chi connectivity index (χ1) is 7.63. The molecule has 0 aromatic carbocycles. The first kappa shape index (κ1) is 11.0. The van der Waals surface area contributed by atoms with E-state index in [0.29, 0.717) is 6.54 Å². The lowest BCUT2D eigenvalue weighted by atomic mass is 10.3. The molecule has 0 fully saturated rings. The Morgan fingerprint density at radius 3 is 2.69 bits per heavy atom. The maximum atomic E-state index is 5.59. The molecule has 0 aliphatic rings. The Morgan fingerprint density at radius 2 is 2.12 bits per heavy atom. The molecule has 0 aliphatic carbocycles. The van der Waals surface area contributed by atoms with Crippen LogP contribution in [0.5, 0.6) is 0 Å². The molecule has 0 spiro atoms. The number of aryl methyl sites for hydroxylation is 1. The molecule has 0 aliphatic heterocycles. The van der Waals surface area contributed by atoms with Crippen LogP contribution in [0.15, 0.2) is 16.5 Å². The van der Waals surface area contributed by atoms with E-state index in [4.69, 9.17) is 10.2 Å². The van der Waals surface area contributed by atoms with Gasteiger partial charge in [-0.15, -0.1) is 0 Å². The molecule has 0 saturated carbocycles. The van der Waals surface area contributed by atoms with Crippen LogP contribution in [0.2, 0.25) is 0 Å². The zero-order chi connectivity index (χ0) is 11.7. The van der Waals surface area contributed by atoms with E-state index >= 15 is 0 Å². The van der Waals surface area contributed by atoms with Gasteiger partial charge in [0.1, 0.15) is 17.3 Å². The molecule has 0 bridgehead atoms. The molecule has 86 valence electrons. The van der Waals surface area contributed by atoms with E-state index in [-0.39, 0.29) is 0 Å². The van der Waals surface area contributed by atoms with Crippen LogP contribution < -0.4 is 5.73 Å². The first-order valence-corrected chi connectivity index (χ1v) is 5.42. The fourth-order valence-corrected chi connectivity index (χ4v) is 1.79. The van der Waals surface area contributed by atoms with Gasteiger partial charge in [-0.3, -0.25) is 0 Å². The zero-order valence-electron chi connectivity index (χ0n) is 9.95. The van der Waals surface area contributed by atoms with E-state index in [2.05, 4.69) is 9.55 Å². The van der Waals surface area contributed by atoms with Crippen molar-refractivity contribution in [3.63, 3.8) is 0 Å². The number of aromatic nitrogens is 2. The third kappa shape index (κ3) is 1.76. The lowest BCUT2D eigenvalue weighted by Gasteiger charge is -2.00. The summed E-state index contributed by atoms with van der Waals surface area (Å²) in [7, 11) is 2.01. The Kier molecular flexibility index (Phi) is 2.83. The minimum absolute atomic E-state index is 0.612. The highest BCUT2D eigenvalue weighted by atomic mass is 16.3. The van der Waals surface area contributed by atoms with Gasteiger partial charge in [0.15, 0.2) is 5.76 Å². The molecule has 2 aromatic rings. The molecule has 2 rings (SSSR count). The molecule has 0 saturated heterocycles. The van der Waals surface area contributed by atoms with Crippen LogP contribution in [0.4, 0.5) is 0 Å². The van der Waals surface area contributed by atoms with E-state index in [1.54, 1.807) is 0 Å². The molecule has 0 unspecified atom stereocenters. The molecule has 2 N–H and O–H groups in total. The highest BCUT2D eigenvalue weighted by molar-refractivity contribution is 5.56. The average Bonchev–Trinajstić information content (AvgIpc) is 2.78. The molecular weight excluding hydrogens is 202 g/mol. The van der Waals surface area contributed by atoms with Crippen molar-refractivity contribution in [2.45, 2.75) is 20.3 Å². The molecule has 4 heteroatoms. The second-order valence-electron chi connectivity index (χ2n) is 3.97. The third-order valence-corrected chi connectivity index (χ3v) is 2.82. The fourth-order valence-electron chi connectivity index (χ4n) is 1.79. The number of imidazole rings is 1. The number of nitrogens with two attached hydrogens (primary N) is 1. The molecule has 16 heavy (non-hydrogen) atoms. The van der Waals surface area contributed by atoms with Gasteiger partial charge in [-0.05, 0) is 32.5 Å². The van der Waals surface area contributed by atoms with E-state index < -0.39 is 0 Å². The lowest BCUT2D eigenvalue weighted by Crippen LogP contribution is -2.08. The second-order valence-corrected chi connectivity index (χ2v) is 3.97. The van der Waals surface area contributed by atoms with Gasteiger partial charge in [0.25, 0.3) is 0 Å². The van der Waals surface area contributed by atoms with E-state index in [0.717, 1.165) is 35.2 Å². The predicted molar refractivity (Wildman–Crippen MR) is 63.1 cm³/mol. The van der Waals surface area contributed by atoms with Crippen molar-refractivity contribution in [2.24, 2.45) is 12.8 Å². The zero-order valence-corrected chi connectivity index (χ0v) is 9.95. The predicted octanol–water partition coefficient (Wildman–Crippen LogP) is 1.80. The molecule has 0 radical (unpaired) electrons. The Balaban J connectivity index is 2.45. The van der Waals surface area contributed by atoms with Crippen molar-refractivity contribution in [1.29, 1.82) is 0 Å². The summed E-state index contributed by atoms with van der Waals surface area (Å²) in [4.78, 5) is 4.57. The quantitative estimate of drug-likeness (QED) is 0.856. The Hall–Kier alpha value is -1.55. The number of furan rings is 1. The van der Waals surface area contributed by atoms with Gasteiger partial charge in [0.2, 0.25) is 0 Å². The van der Waals surface area contributed by atoms with Crippen LogP contribution in [0.25, 0.3) is 11.5 Å².